The molecule has 46 valence electrons. The van der Waals surface area contributed by atoms with Crippen LogP contribution in [0, 0.1) is 0 Å². The second-order valence-corrected chi connectivity index (χ2v) is 1.30. The number of hydrogen-bond acceptors (Lipinski definition) is 3. The van der Waals surface area contributed by atoms with Gasteiger partial charge < -0.3 is 15.0 Å². The predicted molar refractivity (Wildman–Crippen MR) is 24.3 cm³/mol. The van der Waals surface area contributed by atoms with Crippen LogP contribution in [0.1, 0.15) is 6.42 Å². The molecule has 0 aromatic rings. The van der Waals surface area contributed by atoms with Crippen LogP contribution in [-0.4, -0.2) is 28.6 Å². The molecule has 0 aliphatic carbocycles. The summed E-state index contributed by atoms with van der Waals surface area (Å²) in [7, 11) is 0. The second-order valence-electron chi connectivity index (χ2n) is 1.30. The van der Waals surface area contributed by atoms with Gasteiger partial charge in [0.15, 0.2) is 0 Å². The molecular formula is C4H6O4. The Labute approximate surface area is 45.7 Å². The van der Waals surface area contributed by atoms with E-state index in [2.05, 4.69) is 0 Å². The molecule has 0 aliphatic rings. The zero-order valence-corrected chi connectivity index (χ0v) is 4.07. The Kier molecular flexibility index (Phi) is 2.79. The number of carboxylic acids is 1. The van der Waals surface area contributed by atoms with Gasteiger partial charge >= 0.3 is 5.97 Å². The lowest BCUT2D eigenvalue weighted by Crippen LogP contribution is -2.13. The topological polar surface area (TPSA) is 74.6 Å². The van der Waals surface area contributed by atoms with Crippen molar-refractivity contribution in [3.63, 3.8) is 0 Å². The molecule has 0 heterocycles. The minimum Gasteiger partial charge on any atom is -0.481 e. The van der Waals surface area contributed by atoms with Gasteiger partial charge in [-0.15, -0.1) is 0 Å². The number of aliphatic carboxylic acids is 1. The smallest absolute Gasteiger partial charge is 0.306 e. The largest absolute Gasteiger partial charge is 0.481 e. The normalized spacial score (nSPS) is 12.6. The molecular weight excluding hydrogens is 112 g/mol. The number of aldehydes is 1. The van der Waals surface area contributed by atoms with Crippen LogP contribution in [0.3, 0.4) is 0 Å². The van der Waals surface area contributed by atoms with Gasteiger partial charge in [0, 0.05) is 0 Å². The molecule has 0 rings (SSSR count). The van der Waals surface area contributed by atoms with Crippen molar-refractivity contribution in [2.75, 3.05) is 0 Å². The van der Waals surface area contributed by atoms with Gasteiger partial charge in [0.05, 0.1) is 6.42 Å². The Morgan fingerprint density at radius 3 is 2.38 bits per heavy atom. The molecule has 0 radical (unpaired) electrons. The van der Waals surface area contributed by atoms with Crippen LogP contribution in [-0.2, 0) is 9.59 Å². The fourth-order valence-electron chi connectivity index (χ4n) is 0.227. The highest BCUT2D eigenvalue weighted by atomic mass is 16.4. The van der Waals surface area contributed by atoms with Gasteiger partial charge in [-0.1, -0.05) is 0 Å². The standard InChI is InChI=1S/C4H6O4/c5-2-3(6)1-4(7)8/h2-3,6H,1H2,(H,7,8). The summed E-state index contributed by atoms with van der Waals surface area (Å²) >= 11 is 0. The zero-order chi connectivity index (χ0) is 6.57. The van der Waals surface area contributed by atoms with Crippen LogP contribution in [0.15, 0.2) is 0 Å². The summed E-state index contributed by atoms with van der Waals surface area (Å²) in [6.07, 6.45) is -1.68. The summed E-state index contributed by atoms with van der Waals surface area (Å²) in [4.78, 5) is 19.2. The highest BCUT2D eigenvalue weighted by Crippen LogP contribution is 1.84. The third-order valence-electron chi connectivity index (χ3n) is 0.541. The molecule has 0 aromatic heterocycles. The van der Waals surface area contributed by atoms with Gasteiger partial charge in [-0.25, -0.2) is 0 Å². The van der Waals surface area contributed by atoms with Crippen LogP contribution in [0.25, 0.3) is 0 Å². The van der Waals surface area contributed by atoms with Crippen molar-refractivity contribution in [2.24, 2.45) is 0 Å². The highest BCUT2D eigenvalue weighted by molar-refractivity contribution is 5.72. The Hall–Kier alpha value is -0.900. The summed E-state index contributed by atoms with van der Waals surface area (Å²) in [5, 5.41) is 16.2. The quantitative estimate of drug-likeness (QED) is 0.467. The monoisotopic (exact) mass is 118 g/mol. The van der Waals surface area contributed by atoms with E-state index in [1.54, 1.807) is 0 Å². The number of aliphatic hydroxyl groups is 1. The molecule has 0 bridgehead atoms. The number of carboxylic acid groups (broad SMARTS) is 1. The fraction of sp³-hybridized carbons (Fsp3) is 0.500. The van der Waals surface area contributed by atoms with E-state index >= 15 is 0 Å². The number of aliphatic hydroxyl groups excluding tert-OH is 1. The van der Waals surface area contributed by atoms with Crippen molar-refractivity contribution in [3.05, 3.63) is 0 Å². The highest BCUT2D eigenvalue weighted by Gasteiger charge is 2.05. The number of hydrogen-bond donors (Lipinski definition) is 2. The first-order valence-corrected chi connectivity index (χ1v) is 2.02. The molecule has 2 N–H and O–H groups in total. The van der Waals surface area contributed by atoms with E-state index in [0.29, 0.717) is 0 Å². The molecule has 4 nitrogen and oxygen atoms in total. The Balaban J connectivity index is 3.38. The Morgan fingerprint density at radius 2 is 2.25 bits per heavy atom. The second kappa shape index (κ2) is 3.15. The fourth-order valence-corrected chi connectivity index (χ4v) is 0.227. The summed E-state index contributed by atoms with van der Waals surface area (Å²) < 4.78 is 0. The molecule has 0 aromatic carbocycles. The SMILES string of the molecule is O=CC(O)CC(=O)O. The molecule has 1 atom stereocenters. The van der Waals surface area contributed by atoms with Gasteiger partial charge in [0.25, 0.3) is 0 Å². The lowest BCUT2D eigenvalue weighted by molar-refractivity contribution is -0.140. The van der Waals surface area contributed by atoms with Gasteiger partial charge in [-0.3, -0.25) is 4.79 Å². The number of carbonyl (C=O) groups excluding carboxylic acids is 1. The van der Waals surface area contributed by atoms with Crippen molar-refractivity contribution in [2.45, 2.75) is 12.5 Å². The van der Waals surface area contributed by atoms with Crippen molar-refractivity contribution < 1.29 is 19.8 Å². The van der Waals surface area contributed by atoms with Gasteiger partial charge in [0.1, 0.15) is 12.4 Å². The average molecular weight is 118 g/mol. The number of rotatable bonds is 3. The first kappa shape index (κ1) is 7.10. The summed E-state index contributed by atoms with van der Waals surface area (Å²) in [6, 6.07) is 0. The predicted octanol–water partition coefficient (Wildman–Crippen LogP) is -0.979. The van der Waals surface area contributed by atoms with E-state index < -0.39 is 18.5 Å². The summed E-state index contributed by atoms with van der Waals surface area (Å²) in [5.74, 6) is -1.18. The third-order valence-corrected chi connectivity index (χ3v) is 0.541. The molecule has 0 amide bonds. The molecule has 0 fully saturated rings. The lowest BCUT2D eigenvalue weighted by Gasteiger charge is -1.93. The maximum atomic E-state index is 9.65. The van der Waals surface area contributed by atoms with Gasteiger partial charge in [-0.2, -0.15) is 0 Å². The van der Waals surface area contributed by atoms with Crippen LogP contribution < -0.4 is 0 Å². The van der Waals surface area contributed by atoms with Gasteiger partial charge in [0.2, 0.25) is 0 Å². The summed E-state index contributed by atoms with van der Waals surface area (Å²) in [6.45, 7) is 0. The number of carbonyl (C=O) groups is 2. The van der Waals surface area contributed by atoms with E-state index in [1.807, 2.05) is 0 Å². The Morgan fingerprint density at radius 1 is 1.75 bits per heavy atom. The zero-order valence-electron chi connectivity index (χ0n) is 4.07. The minimum atomic E-state index is -1.35. The average Bonchev–Trinajstić information content (AvgIpc) is 1.65. The molecule has 1 unspecified atom stereocenters. The lowest BCUT2D eigenvalue weighted by atomic mass is 10.3. The Bertz CT molecular complexity index is 98.2. The molecule has 0 saturated heterocycles. The third kappa shape index (κ3) is 3.30. The van der Waals surface area contributed by atoms with E-state index in [0.717, 1.165) is 0 Å². The molecule has 4 heteroatoms. The molecule has 0 spiro atoms. The van der Waals surface area contributed by atoms with E-state index in [4.69, 9.17) is 10.2 Å². The van der Waals surface area contributed by atoms with Crippen molar-refractivity contribution in [1.29, 1.82) is 0 Å². The van der Waals surface area contributed by atoms with Crippen LogP contribution in [0.4, 0.5) is 0 Å². The van der Waals surface area contributed by atoms with E-state index in [-0.39, 0.29) is 6.29 Å². The minimum absolute atomic E-state index is 0.189. The van der Waals surface area contributed by atoms with Crippen LogP contribution in [0.5, 0.6) is 0 Å². The maximum absolute atomic E-state index is 9.65. The molecule has 0 aliphatic heterocycles. The van der Waals surface area contributed by atoms with Crippen molar-refractivity contribution in [3.8, 4) is 0 Å². The van der Waals surface area contributed by atoms with E-state index in [1.165, 1.54) is 0 Å². The molecule has 0 saturated carbocycles. The maximum Gasteiger partial charge on any atom is 0.306 e. The van der Waals surface area contributed by atoms with Crippen molar-refractivity contribution in [1.82, 2.24) is 0 Å². The van der Waals surface area contributed by atoms with Crippen molar-refractivity contribution >= 4 is 12.3 Å². The first-order valence-electron chi connectivity index (χ1n) is 2.02. The van der Waals surface area contributed by atoms with Crippen LogP contribution in [0.2, 0.25) is 0 Å². The van der Waals surface area contributed by atoms with Gasteiger partial charge in [-0.05, 0) is 0 Å². The molecule has 8 heavy (non-hydrogen) atoms. The summed E-state index contributed by atoms with van der Waals surface area (Å²) in [5.41, 5.74) is 0. The van der Waals surface area contributed by atoms with E-state index in [9.17, 15) is 9.59 Å². The first-order chi connectivity index (χ1) is 3.66. The van der Waals surface area contributed by atoms with Crippen LogP contribution >= 0.6 is 0 Å².